The molecule has 0 aliphatic carbocycles. The number of nitrogens with zero attached hydrogens (tertiary/aromatic N) is 6. The van der Waals surface area contributed by atoms with Gasteiger partial charge in [0.1, 0.15) is 12.4 Å². The Bertz CT molecular complexity index is 1310. The fourth-order valence-electron chi connectivity index (χ4n) is 3.97. The summed E-state index contributed by atoms with van der Waals surface area (Å²) in [5, 5.41) is 14.0. The van der Waals surface area contributed by atoms with Crippen LogP contribution >= 0.6 is 0 Å². The zero-order valence-electron chi connectivity index (χ0n) is 20.0. The van der Waals surface area contributed by atoms with Crippen molar-refractivity contribution in [2.45, 2.75) is 27.3 Å². The molecule has 2 aromatic heterocycles. The van der Waals surface area contributed by atoms with Gasteiger partial charge in [0, 0.05) is 30.7 Å². The molecule has 0 saturated carbocycles. The molecule has 0 spiro atoms. The van der Waals surface area contributed by atoms with Gasteiger partial charge in [0.15, 0.2) is 0 Å². The molecule has 0 fully saturated rings. The van der Waals surface area contributed by atoms with E-state index in [0.29, 0.717) is 31.2 Å². The summed E-state index contributed by atoms with van der Waals surface area (Å²) in [5.41, 5.74) is 7.13. The molecule has 2 aromatic carbocycles. The van der Waals surface area contributed by atoms with E-state index in [0.717, 1.165) is 39.4 Å². The first-order valence-electron chi connectivity index (χ1n) is 11.2. The Morgan fingerprint density at radius 3 is 2.44 bits per heavy atom. The molecule has 4 aromatic rings. The third-order valence-corrected chi connectivity index (χ3v) is 5.86. The number of benzene rings is 2. The quantitative estimate of drug-likeness (QED) is 0.386. The molecule has 0 aliphatic heterocycles. The third-order valence-electron chi connectivity index (χ3n) is 5.86. The summed E-state index contributed by atoms with van der Waals surface area (Å²) in [6, 6.07) is 18.1. The minimum absolute atomic E-state index is 0.541. The first kappa shape index (κ1) is 23.0. The molecule has 0 bridgehead atoms. The number of likely N-dealkylation sites (N-methyl/N-ethyl adjacent to an activating group) is 1. The van der Waals surface area contributed by atoms with Gasteiger partial charge in [-0.05, 0) is 67.8 Å². The van der Waals surface area contributed by atoms with Crippen LogP contribution in [0.3, 0.4) is 0 Å². The molecule has 0 radical (unpaired) electrons. The Morgan fingerprint density at radius 1 is 1.03 bits per heavy atom. The first-order valence-corrected chi connectivity index (χ1v) is 11.2. The van der Waals surface area contributed by atoms with Crippen molar-refractivity contribution < 1.29 is 4.74 Å². The number of anilines is 1. The lowest BCUT2D eigenvalue weighted by molar-refractivity contribution is 0.325. The molecule has 7 heteroatoms. The maximum absolute atomic E-state index is 9.21. The van der Waals surface area contributed by atoms with E-state index in [1.165, 1.54) is 0 Å². The maximum atomic E-state index is 9.21. The van der Waals surface area contributed by atoms with E-state index in [9.17, 15) is 5.26 Å². The van der Waals surface area contributed by atoms with Crippen LogP contribution in [0, 0.1) is 32.1 Å². The highest BCUT2D eigenvalue weighted by molar-refractivity contribution is 5.70. The van der Waals surface area contributed by atoms with Gasteiger partial charge in [0.05, 0.1) is 30.4 Å². The smallest absolute Gasteiger partial charge is 0.225 e. The molecule has 4 rings (SSSR count). The summed E-state index contributed by atoms with van der Waals surface area (Å²) in [5.74, 6) is 1.51. The summed E-state index contributed by atoms with van der Waals surface area (Å²) >= 11 is 0. The van der Waals surface area contributed by atoms with E-state index < -0.39 is 0 Å². The molecular weight excluding hydrogens is 424 g/mol. The highest BCUT2D eigenvalue weighted by Gasteiger charge is 2.15. The van der Waals surface area contributed by atoms with Crippen LogP contribution in [0.5, 0.6) is 5.75 Å². The fourth-order valence-corrected chi connectivity index (χ4v) is 3.97. The number of nitriles is 1. The molecule has 0 amide bonds. The molecule has 172 valence electrons. The molecule has 0 aliphatic rings. The highest BCUT2D eigenvalue weighted by Crippen LogP contribution is 2.29. The second kappa shape index (κ2) is 10.2. The second-order valence-corrected chi connectivity index (χ2v) is 8.31. The lowest BCUT2D eigenvalue weighted by atomic mass is 9.99. The van der Waals surface area contributed by atoms with Crippen molar-refractivity contribution in [2.24, 2.45) is 0 Å². The van der Waals surface area contributed by atoms with Gasteiger partial charge >= 0.3 is 0 Å². The Morgan fingerprint density at radius 2 is 1.76 bits per heavy atom. The highest BCUT2D eigenvalue weighted by atomic mass is 16.5. The number of hydrogen-bond acceptors (Lipinski definition) is 6. The lowest BCUT2D eigenvalue weighted by Gasteiger charge is -2.16. The van der Waals surface area contributed by atoms with E-state index in [1.807, 2.05) is 54.7 Å². The topological polar surface area (TPSA) is 79.9 Å². The minimum Gasteiger partial charge on any atom is -0.492 e. The summed E-state index contributed by atoms with van der Waals surface area (Å²) < 4.78 is 7.93. The minimum atomic E-state index is 0.541. The van der Waals surface area contributed by atoms with Crippen molar-refractivity contribution in [3.63, 3.8) is 0 Å². The zero-order valence-corrected chi connectivity index (χ0v) is 20.0. The van der Waals surface area contributed by atoms with Crippen LogP contribution in [-0.4, -0.2) is 39.9 Å². The summed E-state index contributed by atoms with van der Waals surface area (Å²) in [6.45, 7) is 7.99. The van der Waals surface area contributed by atoms with Crippen LogP contribution in [0.2, 0.25) is 0 Å². The zero-order chi connectivity index (χ0) is 24.1. The molecule has 2 heterocycles. The second-order valence-electron chi connectivity index (χ2n) is 8.31. The van der Waals surface area contributed by atoms with Gasteiger partial charge in [-0.15, -0.1) is 0 Å². The van der Waals surface area contributed by atoms with E-state index in [1.54, 1.807) is 18.5 Å². The van der Waals surface area contributed by atoms with Gasteiger partial charge in [-0.25, -0.2) is 9.97 Å². The SMILES string of the molecule is Cc1cc(-c2c(C)nn(Cc3ccc(OCCN(C)c4ncccn4)cc3)c2C)ccc1C#N. The van der Waals surface area contributed by atoms with Gasteiger partial charge in [-0.3, -0.25) is 4.68 Å². The average molecular weight is 453 g/mol. The van der Waals surface area contributed by atoms with Crippen LogP contribution in [0.15, 0.2) is 60.9 Å². The lowest BCUT2D eigenvalue weighted by Crippen LogP contribution is -2.25. The van der Waals surface area contributed by atoms with E-state index in [2.05, 4.69) is 41.2 Å². The van der Waals surface area contributed by atoms with Crippen molar-refractivity contribution in [3.05, 3.63) is 89.0 Å². The van der Waals surface area contributed by atoms with Gasteiger partial charge in [0.25, 0.3) is 0 Å². The first-order chi connectivity index (χ1) is 16.5. The van der Waals surface area contributed by atoms with Crippen LogP contribution < -0.4 is 9.64 Å². The van der Waals surface area contributed by atoms with E-state index >= 15 is 0 Å². The Labute approximate surface area is 200 Å². The standard InChI is InChI=1S/C27H28N6O/c1-19-16-23(8-9-24(19)17-28)26-20(2)31-33(21(26)3)18-22-6-10-25(11-7-22)34-15-14-32(4)27-29-12-5-13-30-27/h5-13,16H,14-15,18H2,1-4H3. The number of rotatable bonds is 8. The van der Waals surface area contributed by atoms with Crippen molar-refractivity contribution in [1.82, 2.24) is 19.7 Å². The largest absolute Gasteiger partial charge is 0.492 e. The van der Waals surface area contributed by atoms with Crippen LogP contribution in [0.1, 0.15) is 28.1 Å². The van der Waals surface area contributed by atoms with Gasteiger partial charge in [-0.1, -0.05) is 18.2 Å². The molecular formula is C27H28N6O. The molecule has 34 heavy (non-hydrogen) atoms. The van der Waals surface area contributed by atoms with Crippen molar-refractivity contribution in [3.8, 4) is 22.9 Å². The van der Waals surface area contributed by atoms with Crippen LogP contribution in [0.25, 0.3) is 11.1 Å². The van der Waals surface area contributed by atoms with Gasteiger partial charge in [-0.2, -0.15) is 10.4 Å². The fraction of sp³-hybridized carbons (Fsp3) is 0.259. The molecule has 0 saturated heterocycles. The van der Waals surface area contributed by atoms with Crippen molar-refractivity contribution >= 4 is 5.95 Å². The summed E-state index contributed by atoms with van der Waals surface area (Å²) in [7, 11) is 1.95. The van der Waals surface area contributed by atoms with Crippen molar-refractivity contribution in [2.75, 3.05) is 25.1 Å². The molecule has 0 atom stereocenters. The Hall–Kier alpha value is -4.18. The predicted octanol–water partition coefficient (Wildman–Crippen LogP) is 4.70. The van der Waals surface area contributed by atoms with Crippen LogP contribution in [0.4, 0.5) is 5.95 Å². The number of aryl methyl sites for hydroxylation is 2. The molecule has 0 N–H and O–H groups in total. The predicted molar refractivity (Wildman–Crippen MR) is 133 cm³/mol. The van der Waals surface area contributed by atoms with Gasteiger partial charge in [0.2, 0.25) is 5.95 Å². The van der Waals surface area contributed by atoms with Crippen LogP contribution in [-0.2, 0) is 6.54 Å². The Kier molecular flexibility index (Phi) is 6.88. The van der Waals surface area contributed by atoms with Gasteiger partial charge < -0.3 is 9.64 Å². The van der Waals surface area contributed by atoms with E-state index in [4.69, 9.17) is 9.84 Å². The third kappa shape index (κ3) is 5.07. The number of aromatic nitrogens is 4. The molecule has 7 nitrogen and oxygen atoms in total. The average Bonchev–Trinajstić information content (AvgIpc) is 3.13. The summed E-state index contributed by atoms with van der Waals surface area (Å²) in [6.07, 6.45) is 3.46. The number of ether oxygens (including phenoxy) is 1. The maximum Gasteiger partial charge on any atom is 0.225 e. The normalized spacial score (nSPS) is 10.7. The number of hydrogen-bond donors (Lipinski definition) is 0. The van der Waals surface area contributed by atoms with E-state index in [-0.39, 0.29) is 0 Å². The summed E-state index contributed by atoms with van der Waals surface area (Å²) in [4.78, 5) is 10.4. The molecule has 0 unspecified atom stereocenters. The van der Waals surface area contributed by atoms with Crippen molar-refractivity contribution in [1.29, 1.82) is 5.26 Å². The Balaban J connectivity index is 1.39. The monoisotopic (exact) mass is 452 g/mol.